The van der Waals surface area contributed by atoms with Crippen LogP contribution >= 0.6 is 23.2 Å². The maximum Gasteiger partial charge on any atom is 0.339 e. The highest BCUT2D eigenvalue weighted by Gasteiger charge is 2.22. The fourth-order valence-corrected chi connectivity index (χ4v) is 3.53. The quantitative estimate of drug-likeness (QED) is 0.821. The molecule has 2 aromatic carbocycles. The average molecular weight is 374 g/mol. The van der Waals surface area contributed by atoms with Crippen molar-refractivity contribution in [2.45, 2.75) is 18.7 Å². The molecule has 0 aliphatic carbocycles. The Morgan fingerprint density at radius 2 is 1.74 bits per heavy atom. The standard InChI is InChI=1S/C15H13Cl2NO4S/c1-9-7-11(16)12(17)8-15(9)23(20,21)22-14-6-4-3-5-13(14)18-10(2)19/h3-8H,1-2H3,(H,18,19). The second-order valence-electron chi connectivity index (χ2n) is 4.75. The van der Waals surface area contributed by atoms with E-state index in [0.29, 0.717) is 5.56 Å². The number of hydrogen-bond acceptors (Lipinski definition) is 4. The minimum absolute atomic E-state index is 0.00757. The molecule has 0 spiro atoms. The maximum absolute atomic E-state index is 12.5. The van der Waals surface area contributed by atoms with Crippen molar-refractivity contribution >= 4 is 44.9 Å². The normalized spacial score (nSPS) is 11.1. The van der Waals surface area contributed by atoms with Crippen LogP contribution in [0.1, 0.15) is 12.5 Å². The van der Waals surface area contributed by atoms with Gasteiger partial charge in [0.15, 0.2) is 5.75 Å². The van der Waals surface area contributed by atoms with Crippen LogP contribution in [0.2, 0.25) is 10.0 Å². The van der Waals surface area contributed by atoms with Crippen LogP contribution in [0.3, 0.4) is 0 Å². The summed E-state index contributed by atoms with van der Waals surface area (Å²) in [5, 5.41) is 2.86. The van der Waals surface area contributed by atoms with Crippen LogP contribution in [0.25, 0.3) is 0 Å². The van der Waals surface area contributed by atoms with Gasteiger partial charge >= 0.3 is 10.1 Å². The van der Waals surface area contributed by atoms with Gasteiger partial charge in [-0.1, -0.05) is 35.3 Å². The number of carbonyl (C=O) groups excluding carboxylic acids is 1. The highest BCUT2D eigenvalue weighted by atomic mass is 35.5. The zero-order valence-corrected chi connectivity index (χ0v) is 14.6. The monoisotopic (exact) mass is 373 g/mol. The van der Waals surface area contributed by atoms with Crippen molar-refractivity contribution in [1.29, 1.82) is 0 Å². The molecule has 0 aliphatic rings. The van der Waals surface area contributed by atoms with Crippen LogP contribution in [0.4, 0.5) is 5.69 Å². The maximum atomic E-state index is 12.5. The molecule has 0 saturated carbocycles. The lowest BCUT2D eigenvalue weighted by atomic mass is 10.2. The molecule has 0 aromatic heterocycles. The van der Waals surface area contributed by atoms with E-state index < -0.39 is 10.1 Å². The van der Waals surface area contributed by atoms with Gasteiger partial charge in [-0.3, -0.25) is 4.79 Å². The summed E-state index contributed by atoms with van der Waals surface area (Å²) in [5.74, 6) is -0.336. The third-order valence-electron chi connectivity index (χ3n) is 2.88. The lowest BCUT2D eigenvalue weighted by Gasteiger charge is -2.13. The first-order valence-corrected chi connectivity index (χ1v) is 8.64. The molecule has 0 unspecified atom stereocenters. The Hall–Kier alpha value is -1.76. The molecule has 23 heavy (non-hydrogen) atoms. The Kier molecular flexibility index (Phi) is 5.19. The average Bonchev–Trinajstić information content (AvgIpc) is 2.44. The van der Waals surface area contributed by atoms with Gasteiger partial charge in [0.2, 0.25) is 5.91 Å². The molecule has 0 heterocycles. The van der Waals surface area contributed by atoms with Crippen molar-refractivity contribution < 1.29 is 17.4 Å². The SMILES string of the molecule is CC(=O)Nc1ccccc1OS(=O)(=O)c1cc(Cl)c(Cl)cc1C. The molecular weight excluding hydrogens is 361 g/mol. The van der Waals surface area contributed by atoms with E-state index in [1.807, 2.05) is 0 Å². The van der Waals surface area contributed by atoms with Crippen LogP contribution in [0.15, 0.2) is 41.3 Å². The first-order chi connectivity index (χ1) is 10.7. The summed E-state index contributed by atoms with van der Waals surface area (Å²) in [6.07, 6.45) is 0. The number of nitrogens with one attached hydrogen (secondary N) is 1. The van der Waals surface area contributed by atoms with Crippen molar-refractivity contribution in [1.82, 2.24) is 0 Å². The molecule has 0 aliphatic heterocycles. The summed E-state index contributed by atoms with van der Waals surface area (Å²) in [7, 11) is -4.14. The summed E-state index contributed by atoms with van der Waals surface area (Å²) in [6, 6.07) is 8.89. The first kappa shape index (κ1) is 17.6. The highest BCUT2D eigenvalue weighted by Crippen LogP contribution is 2.32. The van der Waals surface area contributed by atoms with Gasteiger partial charge in [0.1, 0.15) is 4.90 Å². The summed E-state index contributed by atoms with van der Waals surface area (Å²) >= 11 is 11.7. The molecule has 0 radical (unpaired) electrons. The van der Waals surface area contributed by atoms with Crippen LogP contribution in [0, 0.1) is 6.92 Å². The molecule has 1 amide bonds. The van der Waals surface area contributed by atoms with E-state index in [1.54, 1.807) is 19.1 Å². The molecule has 0 saturated heterocycles. The number of hydrogen-bond donors (Lipinski definition) is 1. The van der Waals surface area contributed by atoms with Gasteiger partial charge in [0.25, 0.3) is 0 Å². The second-order valence-corrected chi connectivity index (χ2v) is 7.08. The van der Waals surface area contributed by atoms with Crippen LogP contribution < -0.4 is 9.50 Å². The van der Waals surface area contributed by atoms with Gasteiger partial charge in [-0.2, -0.15) is 8.42 Å². The molecule has 2 aromatic rings. The van der Waals surface area contributed by atoms with Crippen molar-refractivity contribution in [2.75, 3.05) is 5.32 Å². The van der Waals surface area contributed by atoms with Crippen LogP contribution in [-0.2, 0) is 14.9 Å². The number of carbonyl (C=O) groups is 1. The zero-order valence-electron chi connectivity index (χ0n) is 12.3. The Morgan fingerprint density at radius 3 is 2.39 bits per heavy atom. The molecule has 0 bridgehead atoms. The predicted octanol–water partition coefficient (Wildman–Crippen LogP) is 4.03. The minimum atomic E-state index is -4.14. The number of benzene rings is 2. The zero-order chi connectivity index (χ0) is 17.2. The second kappa shape index (κ2) is 6.78. The highest BCUT2D eigenvalue weighted by molar-refractivity contribution is 7.87. The fourth-order valence-electron chi connectivity index (χ4n) is 1.89. The molecule has 8 heteroatoms. The van der Waals surface area contributed by atoms with E-state index in [1.165, 1.54) is 31.2 Å². The summed E-state index contributed by atoms with van der Waals surface area (Å²) in [4.78, 5) is 11.1. The number of anilines is 1. The topological polar surface area (TPSA) is 72.5 Å². The largest absolute Gasteiger partial charge is 0.377 e. The Balaban J connectivity index is 2.44. The van der Waals surface area contributed by atoms with Gasteiger partial charge in [-0.25, -0.2) is 0 Å². The summed E-state index contributed by atoms with van der Waals surface area (Å²) in [6.45, 7) is 2.90. The molecule has 0 atom stereocenters. The number of aryl methyl sites for hydroxylation is 1. The predicted molar refractivity (Wildman–Crippen MR) is 89.8 cm³/mol. The summed E-state index contributed by atoms with van der Waals surface area (Å²) in [5.41, 5.74) is 0.651. The van der Waals surface area contributed by atoms with E-state index >= 15 is 0 Å². The molecule has 2 rings (SSSR count). The van der Waals surface area contributed by atoms with Crippen LogP contribution in [0.5, 0.6) is 5.75 Å². The lowest BCUT2D eigenvalue weighted by molar-refractivity contribution is -0.114. The van der Waals surface area contributed by atoms with E-state index in [9.17, 15) is 13.2 Å². The lowest BCUT2D eigenvalue weighted by Crippen LogP contribution is -2.14. The van der Waals surface area contributed by atoms with Crippen molar-refractivity contribution in [3.05, 3.63) is 52.0 Å². The van der Waals surface area contributed by atoms with Gasteiger partial charge < -0.3 is 9.50 Å². The fraction of sp³-hybridized carbons (Fsp3) is 0.133. The van der Waals surface area contributed by atoms with E-state index in [0.717, 1.165) is 0 Å². The van der Waals surface area contributed by atoms with Gasteiger partial charge in [-0.15, -0.1) is 0 Å². The van der Waals surface area contributed by atoms with Gasteiger partial charge in [0, 0.05) is 6.92 Å². The van der Waals surface area contributed by atoms with Crippen molar-refractivity contribution in [2.24, 2.45) is 0 Å². The molecule has 122 valence electrons. The number of halogens is 2. The van der Waals surface area contributed by atoms with E-state index in [2.05, 4.69) is 5.32 Å². The Bertz CT molecular complexity index is 866. The minimum Gasteiger partial charge on any atom is -0.377 e. The third-order valence-corrected chi connectivity index (χ3v) is 4.98. The number of para-hydroxylation sites is 2. The molecular formula is C15H13Cl2NO4S. The Labute approximate surface area is 144 Å². The van der Waals surface area contributed by atoms with Crippen LogP contribution in [-0.4, -0.2) is 14.3 Å². The Morgan fingerprint density at radius 1 is 1.13 bits per heavy atom. The molecule has 0 fully saturated rings. The van der Waals surface area contributed by atoms with E-state index in [-0.39, 0.29) is 32.3 Å². The summed E-state index contributed by atoms with van der Waals surface area (Å²) < 4.78 is 30.1. The smallest absolute Gasteiger partial charge is 0.339 e. The van der Waals surface area contributed by atoms with Crippen molar-refractivity contribution in [3.63, 3.8) is 0 Å². The molecule has 1 N–H and O–H groups in total. The van der Waals surface area contributed by atoms with Gasteiger partial charge in [0.05, 0.1) is 15.7 Å². The molecule has 5 nitrogen and oxygen atoms in total. The number of rotatable bonds is 4. The first-order valence-electron chi connectivity index (χ1n) is 6.47. The third kappa shape index (κ3) is 4.16. The van der Waals surface area contributed by atoms with Crippen molar-refractivity contribution in [3.8, 4) is 5.75 Å². The number of amides is 1. The van der Waals surface area contributed by atoms with E-state index in [4.69, 9.17) is 27.4 Å². The van der Waals surface area contributed by atoms with Gasteiger partial charge in [-0.05, 0) is 36.8 Å².